The van der Waals surface area contributed by atoms with Gasteiger partial charge in [0.25, 0.3) is 5.91 Å². The Balaban J connectivity index is 1.30. The second-order valence-corrected chi connectivity index (χ2v) is 9.54. The highest BCUT2D eigenvalue weighted by atomic mass is 16.3. The van der Waals surface area contributed by atoms with E-state index in [1.54, 1.807) is 6.20 Å². The second-order valence-electron chi connectivity index (χ2n) is 9.54. The first-order chi connectivity index (χ1) is 15.8. The maximum atomic E-state index is 12.7. The third kappa shape index (κ3) is 4.04. The molecule has 1 aliphatic carbocycles. The lowest BCUT2D eigenvalue weighted by Crippen LogP contribution is -2.40. The molecule has 5 N–H and O–H groups in total. The molecular formula is C24H29N7O2. The predicted molar refractivity (Wildman–Crippen MR) is 126 cm³/mol. The van der Waals surface area contributed by atoms with Crippen molar-refractivity contribution in [2.45, 2.75) is 51.2 Å². The van der Waals surface area contributed by atoms with Crippen LogP contribution in [0.15, 0.2) is 30.5 Å². The van der Waals surface area contributed by atoms with Gasteiger partial charge in [0.05, 0.1) is 24.0 Å². The van der Waals surface area contributed by atoms with Crippen LogP contribution >= 0.6 is 0 Å². The van der Waals surface area contributed by atoms with Gasteiger partial charge in [-0.05, 0) is 54.5 Å². The van der Waals surface area contributed by atoms with Crippen molar-refractivity contribution in [1.82, 2.24) is 25.1 Å². The maximum absolute atomic E-state index is 12.7. The molecular weight excluding hydrogens is 418 g/mol. The van der Waals surface area contributed by atoms with Crippen molar-refractivity contribution in [3.8, 4) is 11.4 Å². The monoisotopic (exact) mass is 447 g/mol. The van der Waals surface area contributed by atoms with E-state index in [-0.39, 0.29) is 23.4 Å². The number of nitrogen functional groups attached to an aromatic ring is 1. The lowest BCUT2D eigenvalue weighted by atomic mass is 9.73. The predicted octanol–water partition coefficient (Wildman–Crippen LogP) is 2.49. The van der Waals surface area contributed by atoms with E-state index in [0.717, 1.165) is 40.3 Å². The van der Waals surface area contributed by atoms with Gasteiger partial charge in [0, 0.05) is 36.1 Å². The van der Waals surface area contributed by atoms with E-state index in [1.807, 2.05) is 29.2 Å². The number of piperidine rings is 1. The molecule has 2 aromatic heterocycles. The van der Waals surface area contributed by atoms with E-state index in [9.17, 15) is 9.90 Å². The summed E-state index contributed by atoms with van der Waals surface area (Å²) >= 11 is 0. The number of hydrogen-bond donors (Lipinski definition) is 4. The lowest BCUT2D eigenvalue weighted by molar-refractivity contribution is 0.0546. The molecule has 172 valence electrons. The number of rotatable bonds is 4. The number of fused-ring (bicyclic) bond motifs is 3. The molecule has 5 rings (SSSR count). The van der Waals surface area contributed by atoms with Crippen LogP contribution in [0.3, 0.4) is 0 Å². The summed E-state index contributed by atoms with van der Waals surface area (Å²) in [5, 5.41) is 20.8. The largest absolute Gasteiger partial charge is 0.393 e. The summed E-state index contributed by atoms with van der Waals surface area (Å²) in [7, 11) is 0. The third-order valence-electron chi connectivity index (χ3n) is 6.61. The Morgan fingerprint density at radius 3 is 2.70 bits per heavy atom. The van der Waals surface area contributed by atoms with Crippen LogP contribution in [0.2, 0.25) is 0 Å². The number of aliphatic hydroxyl groups is 1. The van der Waals surface area contributed by atoms with Crippen molar-refractivity contribution < 1.29 is 9.90 Å². The lowest BCUT2D eigenvalue weighted by Gasteiger charge is -2.31. The Kier molecular flexibility index (Phi) is 5.28. The first-order valence-corrected chi connectivity index (χ1v) is 11.3. The first kappa shape index (κ1) is 21.4. The molecule has 1 aromatic carbocycles. The highest BCUT2D eigenvalue weighted by Gasteiger charge is 2.36. The van der Waals surface area contributed by atoms with Crippen molar-refractivity contribution in [3.63, 3.8) is 0 Å². The minimum Gasteiger partial charge on any atom is -0.393 e. The number of nitrogens with two attached hydrogens (primary N) is 1. The quantitative estimate of drug-likeness (QED) is 0.483. The van der Waals surface area contributed by atoms with Crippen molar-refractivity contribution >= 4 is 17.5 Å². The Bertz CT molecular complexity index is 1180. The third-order valence-corrected chi connectivity index (χ3v) is 6.61. The van der Waals surface area contributed by atoms with E-state index >= 15 is 0 Å². The molecule has 3 heterocycles. The fraction of sp³-hybridized carbons (Fsp3) is 0.417. The van der Waals surface area contributed by atoms with E-state index in [0.29, 0.717) is 38.0 Å². The smallest absolute Gasteiger partial charge is 0.253 e. The Labute approximate surface area is 192 Å². The van der Waals surface area contributed by atoms with Gasteiger partial charge >= 0.3 is 0 Å². The molecule has 0 atom stereocenters. The van der Waals surface area contributed by atoms with Crippen LogP contribution in [0.5, 0.6) is 0 Å². The molecule has 1 aliphatic heterocycles. The summed E-state index contributed by atoms with van der Waals surface area (Å²) in [6.45, 7) is 6.16. The molecule has 0 spiro atoms. The Morgan fingerprint density at radius 1 is 1.24 bits per heavy atom. The molecule has 2 aliphatic rings. The molecule has 0 unspecified atom stereocenters. The van der Waals surface area contributed by atoms with Crippen LogP contribution in [0.25, 0.3) is 11.4 Å². The zero-order chi connectivity index (χ0) is 23.2. The standard InChI is InChI=1S/C24H29N7O2/c1-24(2)11-15-12-27-23(25)28-20(15)21-19(24)18(29-30-21)13-26-16-5-3-14(4-6-16)22(33)31-9-7-17(32)8-10-31/h3-6,12,17,26,32H,7-11,13H2,1-2H3,(H,29,30)(H2,25,27,28). The molecule has 33 heavy (non-hydrogen) atoms. The van der Waals surface area contributed by atoms with E-state index in [1.165, 1.54) is 0 Å². The molecule has 0 bridgehead atoms. The van der Waals surface area contributed by atoms with Gasteiger partial charge in [0.15, 0.2) is 0 Å². The summed E-state index contributed by atoms with van der Waals surface area (Å²) in [4.78, 5) is 23.1. The normalized spacial score (nSPS) is 17.4. The minimum atomic E-state index is -0.294. The van der Waals surface area contributed by atoms with Crippen molar-refractivity contribution in [3.05, 3.63) is 52.8 Å². The molecule has 9 heteroatoms. The number of anilines is 2. The van der Waals surface area contributed by atoms with Crippen LogP contribution in [0.4, 0.5) is 11.6 Å². The average molecular weight is 448 g/mol. The number of carbonyl (C=O) groups is 1. The number of aliphatic hydroxyl groups excluding tert-OH is 1. The summed E-state index contributed by atoms with van der Waals surface area (Å²) in [6.07, 6.45) is 3.59. The van der Waals surface area contributed by atoms with E-state index in [2.05, 4.69) is 39.3 Å². The summed E-state index contributed by atoms with van der Waals surface area (Å²) in [5.74, 6) is 0.259. The van der Waals surface area contributed by atoms with Gasteiger partial charge in [-0.2, -0.15) is 5.10 Å². The number of H-pyrrole nitrogens is 1. The van der Waals surface area contributed by atoms with Crippen LogP contribution in [-0.2, 0) is 18.4 Å². The summed E-state index contributed by atoms with van der Waals surface area (Å²) in [5.41, 5.74) is 12.1. The van der Waals surface area contributed by atoms with Crippen LogP contribution < -0.4 is 11.1 Å². The Morgan fingerprint density at radius 2 is 1.97 bits per heavy atom. The van der Waals surface area contributed by atoms with Crippen molar-refractivity contribution in [1.29, 1.82) is 0 Å². The number of amides is 1. The van der Waals surface area contributed by atoms with Gasteiger partial charge < -0.3 is 21.1 Å². The van der Waals surface area contributed by atoms with Crippen LogP contribution in [0.1, 0.15) is 53.9 Å². The highest BCUT2D eigenvalue weighted by Crippen LogP contribution is 2.42. The molecule has 1 saturated heterocycles. The number of aromatic nitrogens is 4. The zero-order valence-corrected chi connectivity index (χ0v) is 18.9. The number of benzene rings is 1. The fourth-order valence-electron chi connectivity index (χ4n) is 4.90. The molecule has 1 fully saturated rings. The van der Waals surface area contributed by atoms with Crippen LogP contribution in [0, 0.1) is 0 Å². The van der Waals surface area contributed by atoms with Gasteiger partial charge in [-0.15, -0.1) is 0 Å². The van der Waals surface area contributed by atoms with Gasteiger partial charge in [0.2, 0.25) is 5.95 Å². The van der Waals surface area contributed by atoms with Crippen molar-refractivity contribution in [2.24, 2.45) is 0 Å². The van der Waals surface area contributed by atoms with Crippen molar-refractivity contribution in [2.75, 3.05) is 24.1 Å². The molecule has 0 saturated carbocycles. The average Bonchev–Trinajstić information content (AvgIpc) is 3.24. The van der Waals surface area contributed by atoms with E-state index in [4.69, 9.17) is 5.73 Å². The second kappa shape index (κ2) is 8.15. The van der Waals surface area contributed by atoms with Gasteiger partial charge in [-0.3, -0.25) is 9.89 Å². The molecule has 1 amide bonds. The zero-order valence-electron chi connectivity index (χ0n) is 18.9. The Hall–Kier alpha value is -3.46. The molecule has 9 nitrogen and oxygen atoms in total. The SMILES string of the molecule is CC1(C)Cc2cnc(N)nc2-c2n[nH]c(CNc3ccc(C(=O)N4CCC(O)CC4)cc3)c21. The fourth-order valence-corrected chi connectivity index (χ4v) is 4.90. The first-order valence-electron chi connectivity index (χ1n) is 11.3. The topological polar surface area (TPSA) is 133 Å². The number of nitrogens with one attached hydrogen (secondary N) is 2. The van der Waals surface area contributed by atoms with E-state index < -0.39 is 0 Å². The van der Waals surface area contributed by atoms with Gasteiger partial charge in [-0.25, -0.2) is 9.97 Å². The summed E-state index contributed by atoms with van der Waals surface area (Å²) < 4.78 is 0. The molecule has 3 aromatic rings. The number of nitrogens with zero attached hydrogens (tertiary/aromatic N) is 4. The number of aromatic amines is 1. The number of likely N-dealkylation sites (tertiary alicyclic amines) is 1. The molecule has 0 radical (unpaired) electrons. The summed E-state index contributed by atoms with van der Waals surface area (Å²) in [6, 6.07) is 7.53. The van der Waals surface area contributed by atoms with Crippen LogP contribution in [-0.4, -0.2) is 55.3 Å². The number of carbonyl (C=O) groups excluding carboxylic acids is 1. The minimum absolute atomic E-state index is 0.0118. The number of hydrogen-bond acceptors (Lipinski definition) is 7. The highest BCUT2D eigenvalue weighted by molar-refractivity contribution is 5.94. The maximum Gasteiger partial charge on any atom is 0.253 e. The van der Waals surface area contributed by atoms with Gasteiger partial charge in [0.1, 0.15) is 5.69 Å². The van der Waals surface area contributed by atoms with Gasteiger partial charge in [-0.1, -0.05) is 13.8 Å².